The normalized spacial score (nSPS) is 11.2. The van der Waals surface area contributed by atoms with Crippen LogP contribution in [0.2, 0.25) is 0 Å². The summed E-state index contributed by atoms with van der Waals surface area (Å²) < 4.78 is 47.1. The van der Waals surface area contributed by atoms with Gasteiger partial charge < -0.3 is 21.1 Å². The minimum absolute atomic E-state index is 0.125. The average molecular weight is 420 g/mol. The van der Waals surface area contributed by atoms with Crippen LogP contribution < -0.4 is 21.1 Å². The molecule has 1 aromatic carbocycles. The molecule has 0 saturated carbocycles. The molecule has 158 valence electrons. The van der Waals surface area contributed by atoms with E-state index < -0.39 is 17.6 Å². The molecule has 0 aliphatic rings. The lowest BCUT2D eigenvalue weighted by atomic mass is 10.2. The molecule has 0 aliphatic heterocycles. The first kappa shape index (κ1) is 21.0. The van der Waals surface area contributed by atoms with Crippen LogP contribution in [0, 0.1) is 6.92 Å². The third kappa shape index (κ3) is 4.80. The Bertz CT molecular complexity index is 1060. The van der Waals surface area contributed by atoms with Gasteiger partial charge in [-0.3, -0.25) is 9.48 Å². The van der Waals surface area contributed by atoms with Gasteiger partial charge in [-0.15, -0.1) is 0 Å². The van der Waals surface area contributed by atoms with E-state index in [0.717, 1.165) is 6.20 Å². The lowest BCUT2D eigenvalue weighted by molar-refractivity contribution is -0.137. The molecule has 3 rings (SSSR count). The van der Waals surface area contributed by atoms with Crippen LogP contribution in [0.25, 0.3) is 0 Å². The first-order chi connectivity index (χ1) is 14.1. The van der Waals surface area contributed by atoms with Crippen molar-refractivity contribution in [3.05, 3.63) is 59.5 Å². The van der Waals surface area contributed by atoms with Crippen LogP contribution in [0.15, 0.2) is 42.7 Å². The average Bonchev–Trinajstić information content (AvgIpc) is 2.98. The fraction of sp³-hybridized carbons (Fsp3) is 0.211. The van der Waals surface area contributed by atoms with Crippen molar-refractivity contribution < 1.29 is 22.7 Å². The maximum absolute atomic E-state index is 13.4. The fourth-order valence-electron chi connectivity index (χ4n) is 2.74. The molecule has 0 atom stereocenters. The van der Waals surface area contributed by atoms with Gasteiger partial charge in [-0.1, -0.05) is 12.1 Å². The van der Waals surface area contributed by atoms with E-state index in [1.54, 1.807) is 37.0 Å². The fourth-order valence-corrected chi connectivity index (χ4v) is 2.74. The zero-order valence-corrected chi connectivity index (χ0v) is 16.1. The number of alkyl halides is 3. The van der Waals surface area contributed by atoms with Crippen molar-refractivity contribution in [2.45, 2.75) is 13.1 Å². The molecule has 8 nitrogen and oxygen atoms in total. The van der Waals surface area contributed by atoms with Crippen LogP contribution in [0.3, 0.4) is 0 Å². The molecule has 11 heteroatoms. The van der Waals surface area contributed by atoms with Gasteiger partial charge in [0.15, 0.2) is 6.73 Å². The van der Waals surface area contributed by atoms with Crippen molar-refractivity contribution in [2.24, 2.45) is 12.8 Å². The van der Waals surface area contributed by atoms with Crippen LogP contribution in [0.1, 0.15) is 21.6 Å². The van der Waals surface area contributed by atoms with Crippen molar-refractivity contribution in [3.8, 4) is 5.75 Å². The SMILES string of the molecule is Cc1nn(C)cc1Nc1cc(NCOc2ccccc2C(N)=O)c(C(F)(F)F)cn1. The molecule has 30 heavy (non-hydrogen) atoms. The lowest BCUT2D eigenvalue weighted by Gasteiger charge is -2.17. The molecule has 2 heterocycles. The maximum atomic E-state index is 13.4. The summed E-state index contributed by atoms with van der Waals surface area (Å²) in [5.41, 5.74) is 5.49. The summed E-state index contributed by atoms with van der Waals surface area (Å²) in [7, 11) is 1.73. The van der Waals surface area contributed by atoms with Crippen LogP contribution in [-0.2, 0) is 13.2 Å². The summed E-state index contributed by atoms with van der Waals surface area (Å²) in [6, 6.07) is 7.40. The first-order valence-electron chi connectivity index (χ1n) is 8.75. The van der Waals surface area contributed by atoms with Crippen molar-refractivity contribution in [3.63, 3.8) is 0 Å². The second-order valence-electron chi connectivity index (χ2n) is 6.37. The molecular formula is C19H19F3N6O2. The highest BCUT2D eigenvalue weighted by Crippen LogP contribution is 2.36. The number of carbonyl (C=O) groups excluding carboxylic acids is 1. The van der Waals surface area contributed by atoms with E-state index >= 15 is 0 Å². The number of aryl methyl sites for hydroxylation is 2. The summed E-state index contributed by atoms with van der Waals surface area (Å²) in [5.74, 6) is -0.354. The van der Waals surface area contributed by atoms with Gasteiger partial charge in [0.2, 0.25) is 0 Å². The van der Waals surface area contributed by atoms with Gasteiger partial charge in [0, 0.05) is 25.5 Å². The lowest BCUT2D eigenvalue weighted by Crippen LogP contribution is -2.18. The highest BCUT2D eigenvalue weighted by molar-refractivity contribution is 5.95. The van der Waals surface area contributed by atoms with Crippen LogP contribution >= 0.6 is 0 Å². The van der Waals surface area contributed by atoms with Crippen molar-refractivity contribution >= 4 is 23.1 Å². The summed E-state index contributed by atoms with van der Waals surface area (Å²) >= 11 is 0. The number of nitrogens with one attached hydrogen (secondary N) is 2. The second-order valence-corrected chi connectivity index (χ2v) is 6.37. The summed E-state index contributed by atoms with van der Waals surface area (Å²) in [4.78, 5) is 15.3. The number of anilines is 3. The number of para-hydroxylation sites is 1. The van der Waals surface area contributed by atoms with Gasteiger partial charge in [0.25, 0.3) is 5.91 Å². The number of pyridine rings is 1. The predicted molar refractivity (Wildman–Crippen MR) is 105 cm³/mol. The Labute approximate surface area is 169 Å². The van der Waals surface area contributed by atoms with E-state index in [1.165, 1.54) is 18.2 Å². The van der Waals surface area contributed by atoms with E-state index in [0.29, 0.717) is 11.4 Å². The second kappa shape index (κ2) is 8.31. The number of nitrogens with zero attached hydrogens (tertiary/aromatic N) is 3. The minimum atomic E-state index is -4.62. The van der Waals surface area contributed by atoms with Crippen LogP contribution in [0.4, 0.5) is 30.4 Å². The molecular weight excluding hydrogens is 401 g/mol. The van der Waals surface area contributed by atoms with E-state index in [1.807, 2.05) is 0 Å². The first-order valence-corrected chi connectivity index (χ1v) is 8.75. The molecule has 4 N–H and O–H groups in total. The van der Waals surface area contributed by atoms with Crippen LogP contribution in [-0.4, -0.2) is 27.4 Å². The smallest absolute Gasteiger partial charge is 0.419 e. The van der Waals surface area contributed by atoms with Gasteiger partial charge in [-0.05, 0) is 19.1 Å². The number of ether oxygens (including phenoxy) is 1. The van der Waals surface area contributed by atoms with E-state index in [9.17, 15) is 18.0 Å². The molecule has 0 spiro atoms. The Morgan fingerprint density at radius 2 is 2.00 bits per heavy atom. The van der Waals surface area contributed by atoms with Gasteiger partial charge in [-0.2, -0.15) is 18.3 Å². The standard InChI is InChI=1S/C19H19F3N6O2/c1-11-15(9-28(2)27-11)26-17-7-14(13(8-24-17)19(20,21)22)25-10-30-16-6-4-3-5-12(16)18(23)29/h3-9H,10H2,1-2H3,(H2,23,29)(H2,24,25,26). The van der Waals surface area contributed by atoms with E-state index in [4.69, 9.17) is 10.5 Å². The molecule has 0 fully saturated rings. The van der Waals surface area contributed by atoms with Gasteiger partial charge >= 0.3 is 6.18 Å². The number of amides is 1. The molecule has 1 amide bonds. The van der Waals surface area contributed by atoms with Crippen LogP contribution in [0.5, 0.6) is 5.75 Å². The van der Waals surface area contributed by atoms with Gasteiger partial charge in [0.1, 0.15) is 11.6 Å². The molecule has 0 saturated heterocycles. The van der Waals surface area contributed by atoms with Crippen molar-refractivity contribution in [1.29, 1.82) is 0 Å². The van der Waals surface area contributed by atoms with E-state index in [-0.39, 0.29) is 29.5 Å². The number of hydrogen-bond donors (Lipinski definition) is 3. The predicted octanol–water partition coefficient (Wildman–Crippen LogP) is 3.43. The largest absolute Gasteiger partial charge is 0.472 e. The Hall–Kier alpha value is -3.76. The van der Waals surface area contributed by atoms with Gasteiger partial charge in [0.05, 0.1) is 28.2 Å². The molecule has 0 bridgehead atoms. The highest BCUT2D eigenvalue weighted by atomic mass is 19.4. The van der Waals surface area contributed by atoms with Crippen molar-refractivity contribution in [2.75, 3.05) is 17.4 Å². The van der Waals surface area contributed by atoms with Crippen molar-refractivity contribution in [1.82, 2.24) is 14.8 Å². The summed E-state index contributed by atoms with van der Waals surface area (Å²) in [6.45, 7) is 1.43. The number of aromatic nitrogens is 3. The summed E-state index contributed by atoms with van der Waals surface area (Å²) in [6.07, 6.45) is -2.21. The maximum Gasteiger partial charge on any atom is 0.419 e. The number of benzene rings is 1. The zero-order chi connectivity index (χ0) is 21.9. The minimum Gasteiger partial charge on any atom is -0.472 e. The third-order valence-electron chi connectivity index (χ3n) is 4.13. The number of primary amides is 1. The number of nitrogens with two attached hydrogens (primary N) is 1. The topological polar surface area (TPSA) is 107 Å². The zero-order valence-electron chi connectivity index (χ0n) is 16.1. The summed E-state index contributed by atoms with van der Waals surface area (Å²) in [5, 5.41) is 9.69. The van der Waals surface area contributed by atoms with E-state index in [2.05, 4.69) is 20.7 Å². The third-order valence-corrected chi connectivity index (χ3v) is 4.13. The molecule has 2 aromatic heterocycles. The monoisotopic (exact) mass is 420 g/mol. The highest BCUT2D eigenvalue weighted by Gasteiger charge is 2.34. The Morgan fingerprint density at radius 3 is 2.63 bits per heavy atom. The van der Waals surface area contributed by atoms with Gasteiger partial charge in [-0.25, -0.2) is 4.98 Å². The molecule has 0 unspecified atom stereocenters. The Kier molecular flexibility index (Phi) is 5.81. The number of carbonyl (C=O) groups is 1. The quantitative estimate of drug-likeness (QED) is 0.506. The molecule has 0 aliphatic carbocycles. The number of rotatable bonds is 7. The number of hydrogen-bond acceptors (Lipinski definition) is 6. The molecule has 0 radical (unpaired) electrons. The number of halogens is 3. The molecule has 3 aromatic rings. The Morgan fingerprint density at radius 1 is 1.27 bits per heavy atom. The Balaban J connectivity index is 1.81.